The second kappa shape index (κ2) is 7.79. The summed E-state index contributed by atoms with van der Waals surface area (Å²) in [4.78, 5) is 23.9. The van der Waals surface area contributed by atoms with Gasteiger partial charge in [0.2, 0.25) is 9.84 Å². The van der Waals surface area contributed by atoms with E-state index in [0.717, 1.165) is 31.3 Å². The summed E-state index contributed by atoms with van der Waals surface area (Å²) < 4.78 is 31.6. The number of nitrogens with one attached hydrogen (secondary N) is 1. The zero-order chi connectivity index (χ0) is 20.4. The Morgan fingerprint density at radius 1 is 1.17 bits per heavy atom. The Labute approximate surface area is 168 Å². The third-order valence-electron chi connectivity index (χ3n) is 5.08. The highest BCUT2D eigenvalue weighted by molar-refractivity contribution is 7.91. The van der Waals surface area contributed by atoms with Gasteiger partial charge >= 0.3 is 5.97 Å². The molecule has 4 rings (SSSR count). The van der Waals surface area contributed by atoms with Crippen LogP contribution in [0.25, 0.3) is 16.6 Å². The van der Waals surface area contributed by atoms with Crippen LogP contribution >= 0.6 is 0 Å². The van der Waals surface area contributed by atoms with E-state index < -0.39 is 15.8 Å². The number of benzene rings is 1. The maximum Gasteiger partial charge on any atom is 0.311 e. The molecule has 3 aromatic rings. The first-order valence-electron chi connectivity index (χ1n) is 9.44. The molecular formula is C21H21N3O4S. The molecule has 1 aliphatic carbocycles. The van der Waals surface area contributed by atoms with E-state index in [1.807, 2.05) is 0 Å². The minimum absolute atomic E-state index is 0.00385. The molecule has 0 amide bonds. The lowest BCUT2D eigenvalue weighted by Crippen LogP contribution is -2.10. The van der Waals surface area contributed by atoms with Crippen molar-refractivity contribution < 1.29 is 17.9 Å². The van der Waals surface area contributed by atoms with Crippen LogP contribution in [0.15, 0.2) is 52.5 Å². The Hall–Kier alpha value is -3.00. The molecule has 1 aliphatic rings. The average Bonchev–Trinajstić information content (AvgIpc) is 3.13. The van der Waals surface area contributed by atoms with E-state index in [9.17, 15) is 13.2 Å². The molecule has 0 radical (unpaired) electrons. The molecule has 0 saturated carbocycles. The van der Waals surface area contributed by atoms with Gasteiger partial charge in [-0.3, -0.25) is 4.79 Å². The highest BCUT2D eigenvalue weighted by Gasteiger charge is 2.30. The molecule has 150 valence electrons. The summed E-state index contributed by atoms with van der Waals surface area (Å²) in [5.41, 5.74) is 2.85. The number of nitrogens with zero attached hydrogens (tertiary/aromatic N) is 2. The number of ether oxygens (including phenoxy) is 1. The van der Waals surface area contributed by atoms with Crippen LogP contribution in [0.1, 0.15) is 37.1 Å². The van der Waals surface area contributed by atoms with E-state index >= 15 is 0 Å². The molecule has 1 aromatic carbocycles. The maximum absolute atomic E-state index is 13.4. The molecule has 29 heavy (non-hydrogen) atoms. The summed E-state index contributed by atoms with van der Waals surface area (Å²) in [5, 5.41) is 0. The fourth-order valence-electron chi connectivity index (χ4n) is 3.67. The number of allylic oxidation sites excluding steroid dienone is 2. The molecule has 2 aromatic heterocycles. The normalized spacial score (nSPS) is 14.6. The molecule has 0 unspecified atom stereocenters. The van der Waals surface area contributed by atoms with Crippen LogP contribution in [0.3, 0.4) is 0 Å². The summed E-state index contributed by atoms with van der Waals surface area (Å²) in [5.74, 6) is -0.535. The molecule has 2 heterocycles. The third kappa shape index (κ3) is 3.55. The molecule has 0 aliphatic heterocycles. The number of aromatic nitrogens is 3. The van der Waals surface area contributed by atoms with Crippen molar-refractivity contribution >= 4 is 32.4 Å². The minimum Gasteiger partial charge on any atom is -0.469 e. The van der Waals surface area contributed by atoms with Crippen molar-refractivity contribution in [2.45, 2.75) is 41.9 Å². The number of aromatic amines is 1. The van der Waals surface area contributed by atoms with E-state index in [4.69, 9.17) is 4.74 Å². The summed E-state index contributed by atoms with van der Waals surface area (Å²) in [7, 11) is -2.63. The van der Waals surface area contributed by atoms with Crippen LogP contribution in [0.4, 0.5) is 0 Å². The Morgan fingerprint density at radius 2 is 1.97 bits per heavy atom. The topological polar surface area (TPSA) is 102 Å². The number of rotatable bonds is 5. The number of fused-ring (bicyclic) bond motifs is 1. The van der Waals surface area contributed by atoms with E-state index in [-0.39, 0.29) is 21.9 Å². The molecule has 0 bridgehead atoms. The van der Waals surface area contributed by atoms with E-state index in [2.05, 4.69) is 21.0 Å². The van der Waals surface area contributed by atoms with Crippen LogP contribution in [0.5, 0.6) is 0 Å². The fraction of sp³-hybridized carbons (Fsp3) is 0.286. The lowest BCUT2D eigenvalue weighted by atomic mass is 9.96. The van der Waals surface area contributed by atoms with E-state index in [0.29, 0.717) is 16.7 Å². The lowest BCUT2D eigenvalue weighted by Gasteiger charge is -2.12. The standard InChI is InChI=1S/C21H21N3O4S/c1-28-17(25)12-16-21(29(26,27)15-10-6-3-7-11-15)20-19(24-16)18(22-13-23-20)14-8-4-2-5-9-14/h3,6-8,10-11,13,24H,2,4-5,9,12H2,1H3. The van der Waals surface area contributed by atoms with Gasteiger partial charge < -0.3 is 9.72 Å². The largest absolute Gasteiger partial charge is 0.469 e. The van der Waals surface area contributed by atoms with Crippen molar-refractivity contribution in [1.29, 1.82) is 0 Å². The van der Waals surface area contributed by atoms with E-state index in [1.54, 1.807) is 18.2 Å². The minimum atomic E-state index is -3.90. The average molecular weight is 411 g/mol. The van der Waals surface area contributed by atoms with Gasteiger partial charge in [-0.05, 0) is 43.4 Å². The number of methoxy groups -OCH3 is 1. The zero-order valence-electron chi connectivity index (χ0n) is 16.0. The summed E-state index contributed by atoms with van der Waals surface area (Å²) >= 11 is 0. The number of hydrogen-bond donors (Lipinski definition) is 1. The third-order valence-corrected chi connectivity index (χ3v) is 6.95. The Morgan fingerprint density at radius 3 is 2.66 bits per heavy atom. The quantitative estimate of drug-likeness (QED) is 0.645. The van der Waals surface area contributed by atoms with Crippen molar-refractivity contribution in [3.05, 3.63) is 54.1 Å². The first kappa shape index (κ1) is 19.3. The van der Waals surface area contributed by atoms with Gasteiger partial charge in [0.1, 0.15) is 16.7 Å². The van der Waals surface area contributed by atoms with Gasteiger partial charge in [0.15, 0.2) is 0 Å². The van der Waals surface area contributed by atoms with E-state index in [1.165, 1.54) is 25.6 Å². The fourth-order valence-corrected chi connectivity index (χ4v) is 5.28. The van der Waals surface area contributed by atoms with Gasteiger partial charge in [0, 0.05) is 5.69 Å². The van der Waals surface area contributed by atoms with Crippen molar-refractivity contribution in [2.75, 3.05) is 7.11 Å². The first-order chi connectivity index (χ1) is 14.0. The molecule has 0 saturated heterocycles. The van der Waals surface area contributed by atoms with Gasteiger partial charge in [-0.15, -0.1) is 0 Å². The Bertz CT molecular complexity index is 1200. The first-order valence-corrected chi connectivity index (χ1v) is 10.9. The number of esters is 1. The second-order valence-electron chi connectivity index (χ2n) is 6.92. The molecule has 1 N–H and O–H groups in total. The maximum atomic E-state index is 13.4. The molecule has 7 nitrogen and oxygen atoms in total. The number of carbonyl (C=O) groups is 1. The summed E-state index contributed by atoms with van der Waals surface area (Å²) in [6.07, 6.45) is 7.34. The zero-order valence-corrected chi connectivity index (χ0v) is 16.8. The SMILES string of the molecule is COC(=O)Cc1[nH]c2c(C3=CCCCC3)ncnc2c1S(=O)(=O)c1ccccc1. The number of carbonyl (C=O) groups excluding carboxylic acids is 1. The van der Waals surface area contributed by atoms with Crippen molar-refractivity contribution in [1.82, 2.24) is 15.0 Å². The van der Waals surface area contributed by atoms with Crippen LogP contribution in [-0.4, -0.2) is 36.4 Å². The Kier molecular flexibility index (Phi) is 5.19. The van der Waals surface area contributed by atoms with Gasteiger partial charge in [-0.25, -0.2) is 18.4 Å². The monoisotopic (exact) mass is 411 g/mol. The molecule has 0 fully saturated rings. The molecular weight excluding hydrogens is 390 g/mol. The predicted molar refractivity (Wildman–Crippen MR) is 108 cm³/mol. The van der Waals surface area contributed by atoms with Crippen molar-refractivity contribution in [3.63, 3.8) is 0 Å². The number of sulfone groups is 1. The van der Waals surface area contributed by atoms with Gasteiger partial charge in [-0.2, -0.15) is 0 Å². The summed E-state index contributed by atoms with van der Waals surface area (Å²) in [6.45, 7) is 0. The highest BCUT2D eigenvalue weighted by Crippen LogP contribution is 2.35. The Balaban J connectivity index is 1.98. The van der Waals surface area contributed by atoms with Crippen LogP contribution < -0.4 is 0 Å². The van der Waals surface area contributed by atoms with Crippen molar-refractivity contribution in [3.8, 4) is 0 Å². The van der Waals surface area contributed by atoms with Gasteiger partial charge in [-0.1, -0.05) is 24.3 Å². The highest BCUT2D eigenvalue weighted by atomic mass is 32.2. The van der Waals surface area contributed by atoms with Crippen LogP contribution in [0.2, 0.25) is 0 Å². The molecule has 0 atom stereocenters. The van der Waals surface area contributed by atoms with Crippen LogP contribution in [-0.2, 0) is 25.8 Å². The van der Waals surface area contributed by atoms with Crippen LogP contribution in [0, 0.1) is 0 Å². The number of hydrogen-bond acceptors (Lipinski definition) is 6. The molecule has 0 spiro atoms. The number of H-pyrrole nitrogens is 1. The summed E-state index contributed by atoms with van der Waals surface area (Å²) in [6, 6.07) is 8.13. The smallest absolute Gasteiger partial charge is 0.311 e. The lowest BCUT2D eigenvalue weighted by molar-refractivity contribution is -0.139. The van der Waals surface area contributed by atoms with Crippen molar-refractivity contribution in [2.24, 2.45) is 0 Å². The predicted octanol–water partition coefficient (Wildman–Crippen LogP) is 3.46. The molecule has 8 heteroatoms. The van der Waals surface area contributed by atoms with Gasteiger partial charge in [0.05, 0.1) is 29.6 Å². The second-order valence-corrected chi connectivity index (χ2v) is 8.81. The van der Waals surface area contributed by atoms with Gasteiger partial charge in [0.25, 0.3) is 0 Å².